The van der Waals surface area contributed by atoms with Gasteiger partial charge < -0.3 is 14.5 Å². The van der Waals surface area contributed by atoms with Crippen molar-refractivity contribution in [2.45, 2.75) is 32.7 Å². The minimum Gasteiger partial charge on any atom is -0.379 e. The molecule has 0 N–H and O–H groups in total. The average molecular weight is 214 g/mol. The van der Waals surface area contributed by atoms with E-state index in [0.29, 0.717) is 6.04 Å². The monoisotopic (exact) mass is 214 g/mol. The van der Waals surface area contributed by atoms with E-state index >= 15 is 0 Å². The van der Waals surface area contributed by atoms with Crippen LogP contribution in [0, 0.1) is 0 Å². The van der Waals surface area contributed by atoms with E-state index in [2.05, 4.69) is 30.7 Å². The van der Waals surface area contributed by atoms with Gasteiger partial charge in [0.2, 0.25) is 0 Å². The van der Waals surface area contributed by atoms with Gasteiger partial charge in [-0.3, -0.25) is 0 Å². The molecule has 0 spiro atoms. The molecule has 1 aliphatic rings. The Morgan fingerprint density at radius 1 is 1.20 bits per heavy atom. The summed E-state index contributed by atoms with van der Waals surface area (Å²) in [7, 11) is 2.15. The fourth-order valence-electron chi connectivity index (χ4n) is 1.77. The van der Waals surface area contributed by atoms with Gasteiger partial charge in [0.25, 0.3) is 0 Å². The van der Waals surface area contributed by atoms with E-state index in [1.165, 1.54) is 25.9 Å². The predicted molar refractivity (Wildman–Crippen MR) is 64.3 cm³/mol. The summed E-state index contributed by atoms with van der Waals surface area (Å²) in [5.74, 6) is 0. The summed E-state index contributed by atoms with van der Waals surface area (Å²) >= 11 is 0. The second kappa shape index (κ2) is 7.20. The lowest BCUT2D eigenvalue weighted by molar-refractivity contribution is 0.0876. The molecule has 0 radical (unpaired) electrons. The molecule has 1 heterocycles. The maximum atomic E-state index is 5.63. The highest BCUT2D eigenvalue weighted by molar-refractivity contribution is 4.65. The third kappa shape index (κ3) is 5.50. The molecule has 3 nitrogen and oxygen atoms in total. The first-order valence-electron chi connectivity index (χ1n) is 6.20. The highest BCUT2D eigenvalue weighted by Crippen LogP contribution is 2.05. The van der Waals surface area contributed by atoms with Crippen molar-refractivity contribution in [2.24, 2.45) is 0 Å². The summed E-state index contributed by atoms with van der Waals surface area (Å²) in [6.07, 6.45) is 2.74. The Morgan fingerprint density at radius 3 is 2.47 bits per heavy atom. The molecule has 0 aliphatic carbocycles. The zero-order valence-corrected chi connectivity index (χ0v) is 10.5. The maximum Gasteiger partial charge on any atom is 0.0594 e. The minimum atomic E-state index is 0.618. The molecule has 0 bridgehead atoms. The van der Waals surface area contributed by atoms with Gasteiger partial charge in [-0.25, -0.2) is 0 Å². The van der Waals surface area contributed by atoms with Crippen molar-refractivity contribution in [2.75, 3.05) is 46.4 Å². The molecule has 3 heteroatoms. The summed E-state index contributed by atoms with van der Waals surface area (Å²) in [5.41, 5.74) is 0. The van der Waals surface area contributed by atoms with Crippen molar-refractivity contribution in [3.63, 3.8) is 0 Å². The van der Waals surface area contributed by atoms with Gasteiger partial charge in [-0.1, -0.05) is 0 Å². The SMILES string of the molecule is CC(C)N(C)CCOCCN1CCCC1. The van der Waals surface area contributed by atoms with Gasteiger partial charge in [0.05, 0.1) is 13.2 Å². The average Bonchev–Trinajstić information content (AvgIpc) is 2.69. The number of likely N-dealkylation sites (N-methyl/N-ethyl adjacent to an activating group) is 1. The molecule has 1 fully saturated rings. The van der Waals surface area contributed by atoms with Gasteiger partial charge in [-0.05, 0) is 46.8 Å². The molecule has 0 atom stereocenters. The normalized spacial score (nSPS) is 18.2. The molecule has 0 unspecified atom stereocenters. The van der Waals surface area contributed by atoms with E-state index in [0.717, 1.165) is 26.3 Å². The van der Waals surface area contributed by atoms with Crippen molar-refractivity contribution in [3.05, 3.63) is 0 Å². The smallest absolute Gasteiger partial charge is 0.0594 e. The van der Waals surface area contributed by atoms with Crippen LogP contribution < -0.4 is 0 Å². The van der Waals surface area contributed by atoms with Gasteiger partial charge in [0.15, 0.2) is 0 Å². The Balaban J connectivity index is 1.88. The van der Waals surface area contributed by atoms with E-state index in [9.17, 15) is 0 Å². The van der Waals surface area contributed by atoms with Gasteiger partial charge in [-0.2, -0.15) is 0 Å². The van der Waals surface area contributed by atoms with E-state index in [4.69, 9.17) is 4.74 Å². The molecule has 0 saturated carbocycles. The standard InChI is InChI=1S/C12H26N2O/c1-12(2)13(3)8-10-15-11-9-14-6-4-5-7-14/h12H,4-11H2,1-3H3. The van der Waals surface area contributed by atoms with Crippen LogP contribution in [-0.4, -0.2) is 62.3 Å². The Labute approximate surface area is 94.4 Å². The van der Waals surface area contributed by atoms with Crippen LogP contribution in [-0.2, 0) is 4.74 Å². The Morgan fingerprint density at radius 2 is 1.87 bits per heavy atom. The van der Waals surface area contributed by atoms with Crippen LogP contribution in [0.4, 0.5) is 0 Å². The van der Waals surface area contributed by atoms with Crippen molar-refractivity contribution in [3.8, 4) is 0 Å². The topological polar surface area (TPSA) is 15.7 Å². The highest BCUT2D eigenvalue weighted by atomic mass is 16.5. The number of ether oxygens (including phenoxy) is 1. The van der Waals surface area contributed by atoms with Crippen LogP contribution in [0.2, 0.25) is 0 Å². The summed E-state index contributed by atoms with van der Waals surface area (Å²) < 4.78 is 5.63. The molecule has 90 valence electrons. The third-order valence-electron chi connectivity index (χ3n) is 3.22. The van der Waals surface area contributed by atoms with Crippen LogP contribution in [0.5, 0.6) is 0 Å². The number of hydrogen-bond acceptors (Lipinski definition) is 3. The van der Waals surface area contributed by atoms with E-state index < -0.39 is 0 Å². The summed E-state index contributed by atoms with van der Waals surface area (Å²) in [4.78, 5) is 4.81. The Kier molecular flexibility index (Phi) is 6.22. The fraction of sp³-hybridized carbons (Fsp3) is 1.00. The van der Waals surface area contributed by atoms with Gasteiger partial charge >= 0.3 is 0 Å². The first-order valence-corrected chi connectivity index (χ1v) is 6.20. The molecular formula is C12H26N2O. The first kappa shape index (κ1) is 12.9. The Hall–Kier alpha value is -0.120. The van der Waals surface area contributed by atoms with Crippen molar-refractivity contribution in [1.29, 1.82) is 0 Å². The first-order chi connectivity index (χ1) is 7.20. The quantitative estimate of drug-likeness (QED) is 0.596. The molecule has 15 heavy (non-hydrogen) atoms. The summed E-state index contributed by atoms with van der Waals surface area (Å²) in [6, 6.07) is 0.618. The van der Waals surface area contributed by atoms with E-state index in [-0.39, 0.29) is 0 Å². The number of likely N-dealkylation sites (tertiary alicyclic amines) is 1. The molecule has 1 aliphatic heterocycles. The molecule has 0 aromatic rings. The largest absolute Gasteiger partial charge is 0.379 e. The molecule has 0 aromatic carbocycles. The number of hydrogen-bond donors (Lipinski definition) is 0. The van der Waals surface area contributed by atoms with Gasteiger partial charge in [-0.15, -0.1) is 0 Å². The third-order valence-corrected chi connectivity index (χ3v) is 3.22. The van der Waals surface area contributed by atoms with Crippen LogP contribution >= 0.6 is 0 Å². The molecule has 1 saturated heterocycles. The second-order valence-electron chi connectivity index (χ2n) is 4.74. The zero-order valence-electron chi connectivity index (χ0n) is 10.5. The minimum absolute atomic E-state index is 0.618. The lowest BCUT2D eigenvalue weighted by atomic mass is 10.3. The van der Waals surface area contributed by atoms with Crippen LogP contribution in [0.25, 0.3) is 0 Å². The van der Waals surface area contributed by atoms with Crippen LogP contribution in [0.3, 0.4) is 0 Å². The highest BCUT2D eigenvalue weighted by Gasteiger charge is 2.10. The van der Waals surface area contributed by atoms with Crippen molar-refractivity contribution >= 4 is 0 Å². The molecule has 0 aromatic heterocycles. The van der Waals surface area contributed by atoms with E-state index in [1.54, 1.807) is 0 Å². The summed E-state index contributed by atoms with van der Waals surface area (Å²) in [6.45, 7) is 10.9. The predicted octanol–water partition coefficient (Wildman–Crippen LogP) is 1.44. The second-order valence-corrected chi connectivity index (χ2v) is 4.74. The lowest BCUT2D eigenvalue weighted by Gasteiger charge is -2.21. The molecule has 0 amide bonds. The summed E-state index contributed by atoms with van der Waals surface area (Å²) in [5, 5.41) is 0. The van der Waals surface area contributed by atoms with Crippen LogP contribution in [0.15, 0.2) is 0 Å². The zero-order chi connectivity index (χ0) is 11.1. The van der Waals surface area contributed by atoms with Crippen molar-refractivity contribution < 1.29 is 4.74 Å². The Bertz CT molecular complexity index is 152. The maximum absolute atomic E-state index is 5.63. The number of rotatable bonds is 7. The lowest BCUT2D eigenvalue weighted by Crippen LogP contribution is -2.31. The van der Waals surface area contributed by atoms with Gasteiger partial charge in [0.1, 0.15) is 0 Å². The fourth-order valence-corrected chi connectivity index (χ4v) is 1.77. The van der Waals surface area contributed by atoms with E-state index in [1.807, 2.05) is 0 Å². The number of nitrogens with zero attached hydrogens (tertiary/aromatic N) is 2. The molecule has 1 rings (SSSR count). The van der Waals surface area contributed by atoms with Gasteiger partial charge in [0, 0.05) is 19.1 Å². The van der Waals surface area contributed by atoms with Crippen LogP contribution in [0.1, 0.15) is 26.7 Å². The van der Waals surface area contributed by atoms with Crippen molar-refractivity contribution in [1.82, 2.24) is 9.80 Å². The molecular weight excluding hydrogens is 188 g/mol.